The van der Waals surface area contributed by atoms with Gasteiger partial charge in [0.15, 0.2) is 0 Å². The number of carbonyl (C=O) groups is 2. The van der Waals surface area contributed by atoms with Gasteiger partial charge in [-0.2, -0.15) is 0 Å². The predicted octanol–water partition coefficient (Wildman–Crippen LogP) is 3.57. The quantitative estimate of drug-likeness (QED) is 0.754. The summed E-state index contributed by atoms with van der Waals surface area (Å²) in [5.41, 5.74) is 0.0881. The van der Waals surface area contributed by atoms with E-state index in [4.69, 9.17) is 0 Å². The van der Waals surface area contributed by atoms with Gasteiger partial charge < -0.3 is 10.4 Å². The van der Waals surface area contributed by atoms with Crippen LogP contribution in [0.15, 0.2) is 59.5 Å². The highest BCUT2D eigenvalue weighted by molar-refractivity contribution is 7.98. The highest BCUT2D eigenvalue weighted by Crippen LogP contribution is 2.28. The van der Waals surface area contributed by atoms with Crippen molar-refractivity contribution in [1.29, 1.82) is 0 Å². The molecule has 4 nitrogen and oxygen atoms in total. The molecule has 1 unspecified atom stereocenters. The largest absolute Gasteiger partial charge is 0.481 e. The van der Waals surface area contributed by atoms with Gasteiger partial charge in [-0.3, -0.25) is 9.59 Å². The van der Waals surface area contributed by atoms with Gasteiger partial charge in [-0.15, -0.1) is 11.8 Å². The van der Waals surface area contributed by atoms with Crippen LogP contribution in [0.5, 0.6) is 0 Å². The summed E-state index contributed by atoms with van der Waals surface area (Å²) in [6.45, 7) is 1.87. The molecule has 0 aliphatic rings. The number of nitrogens with one attached hydrogen (secondary N) is 1. The van der Waals surface area contributed by atoms with Gasteiger partial charge in [0.2, 0.25) is 0 Å². The third-order valence-electron chi connectivity index (χ3n) is 4.24. The second-order valence-corrected chi connectivity index (χ2v) is 6.40. The maximum atomic E-state index is 12.3. The molecule has 0 spiro atoms. The van der Waals surface area contributed by atoms with Crippen LogP contribution >= 0.6 is 11.8 Å². The van der Waals surface area contributed by atoms with E-state index in [1.165, 1.54) is 0 Å². The molecule has 2 rings (SSSR count). The maximum absolute atomic E-state index is 12.3. The Morgan fingerprint density at radius 2 is 1.71 bits per heavy atom. The van der Waals surface area contributed by atoms with Gasteiger partial charge in [-0.05, 0) is 42.5 Å². The Hall–Kier alpha value is -2.27. The molecule has 2 aromatic rings. The van der Waals surface area contributed by atoms with Crippen molar-refractivity contribution in [2.24, 2.45) is 0 Å². The maximum Gasteiger partial charge on any atom is 0.315 e. The van der Waals surface area contributed by atoms with E-state index >= 15 is 0 Å². The molecule has 0 aliphatic heterocycles. The molecule has 24 heavy (non-hydrogen) atoms. The summed E-state index contributed by atoms with van der Waals surface area (Å²) in [5, 5.41) is 12.6. The normalized spacial score (nSPS) is 13.1. The number of rotatable bonds is 7. The molecule has 0 aliphatic carbocycles. The van der Waals surface area contributed by atoms with E-state index in [1.54, 1.807) is 36.0 Å². The van der Waals surface area contributed by atoms with Crippen molar-refractivity contribution in [3.63, 3.8) is 0 Å². The minimum atomic E-state index is -1.13. The second kappa shape index (κ2) is 8.02. The van der Waals surface area contributed by atoms with Crippen molar-refractivity contribution in [3.8, 4) is 0 Å². The number of carboxylic acid groups (broad SMARTS) is 1. The van der Waals surface area contributed by atoms with E-state index in [0.717, 1.165) is 4.90 Å². The molecule has 0 saturated heterocycles. The lowest BCUT2D eigenvalue weighted by Gasteiger charge is -2.29. The average Bonchev–Trinajstić information content (AvgIpc) is 2.63. The number of hydrogen-bond donors (Lipinski definition) is 2. The van der Waals surface area contributed by atoms with E-state index in [2.05, 4.69) is 5.32 Å². The van der Waals surface area contributed by atoms with E-state index in [0.29, 0.717) is 17.5 Å². The second-order valence-electron chi connectivity index (χ2n) is 5.52. The Morgan fingerprint density at radius 3 is 2.21 bits per heavy atom. The highest BCUT2D eigenvalue weighted by atomic mass is 32.2. The molecule has 5 heteroatoms. The Labute approximate surface area is 146 Å². The average molecular weight is 343 g/mol. The predicted molar refractivity (Wildman–Crippen MR) is 96.6 cm³/mol. The molecule has 1 atom stereocenters. The van der Waals surface area contributed by atoms with Crippen molar-refractivity contribution in [2.45, 2.75) is 23.7 Å². The van der Waals surface area contributed by atoms with Crippen molar-refractivity contribution in [1.82, 2.24) is 5.32 Å². The first kappa shape index (κ1) is 18.1. The molecular weight excluding hydrogens is 322 g/mol. The zero-order chi connectivity index (χ0) is 17.6. The standard InChI is InChI=1S/C19H21NO3S/c1-3-19(18(22)23,15-7-5-4-6-8-15)13-20-17(21)14-9-11-16(24-2)12-10-14/h4-12H,3,13H2,1-2H3,(H,20,21)(H,22,23). The Balaban J connectivity index is 2.18. The van der Waals surface area contributed by atoms with E-state index in [1.807, 2.05) is 43.5 Å². The highest BCUT2D eigenvalue weighted by Gasteiger charge is 2.39. The Kier molecular flexibility index (Phi) is 6.04. The first-order valence-corrected chi connectivity index (χ1v) is 8.97. The Bertz CT molecular complexity index is 700. The fraction of sp³-hybridized carbons (Fsp3) is 0.263. The van der Waals surface area contributed by atoms with Crippen molar-refractivity contribution in [3.05, 3.63) is 65.7 Å². The van der Waals surface area contributed by atoms with Crippen LogP contribution in [0.25, 0.3) is 0 Å². The zero-order valence-corrected chi connectivity index (χ0v) is 14.6. The van der Waals surface area contributed by atoms with Gasteiger partial charge in [-0.25, -0.2) is 0 Å². The van der Waals surface area contributed by atoms with Crippen molar-refractivity contribution in [2.75, 3.05) is 12.8 Å². The molecule has 0 bridgehead atoms. The van der Waals surface area contributed by atoms with Crippen LogP contribution in [0.4, 0.5) is 0 Å². The minimum absolute atomic E-state index is 0.0476. The molecule has 0 heterocycles. The van der Waals surface area contributed by atoms with E-state index in [9.17, 15) is 14.7 Å². The number of amides is 1. The van der Waals surface area contributed by atoms with E-state index < -0.39 is 11.4 Å². The number of carboxylic acids is 1. The molecule has 2 N–H and O–H groups in total. The van der Waals surface area contributed by atoms with Gasteiger partial charge in [0, 0.05) is 17.0 Å². The van der Waals surface area contributed by atoms with Gasteiger partial charge >= 0.3 is 5.97 Å². The monoisotopic (exact) mass is 343 g/mol. The SMILES string of the molecule is CCC(CNC(=O)c1ccc(SC)cc1)(C(=O)O)c1ccccc1. The summed E-state index contributed by atoms with van der Waals surface area (Å²) < 4.78 is 0. The van der Waals surface area contributed by atoms with Crippen LogP contribution in [0.1, 0.15) is 29.3 Å². The van der Waals surface area contributed by atoms with Gasteiger partial charge in [-0.1, -0.05) is 37.3 Å². The number of carbonyl (C=O) groups excluding carboxylic acids is 1. The summed E-state index contributed by atoms with van der Waals surface area (Å²) in [7, 11) is 0. The molecule has 2 aromatic carbocycles. The fourth-order valence-electron chi connectivity index (χ4n) is 2.61. The zero-order valence-electron chi connectivity index (χ0n) is 13.8. The molecule has 1 amide bonds. The van der Waals surface area contributed by atoms with Crippen LogP contribution in [0, 0.1) is 0 Å². The first-order chi connectivity index (χ1) is 11.5. The molecule has 0 aromatic heterocycles. The minimum Gasteiger partial charge on any atom is -0.481 e. The topological polar surface area (TPSA) is 66.4 Å². The lowest BCUT2D eigenvalue weighted by atomic mass is 9.78. The summed E-state index contributed by atoms with van der Waals surface area (Å²) >= 11 is 1.60. The molecule has 126 valence electrons. The van der Waals surface area contributed by atoms with Crippen LogP contribution in [-0.2, 0) is 10.2 Å². The van der Waals surface area contributed by atoms with Gasteiger partial charge in [0.25, 0.3) is 5.91 Å². The smallest absolute Gasteiger partial charge is 0.315 e. The molecular formula is C19H21NO3S. The van der Waals surface area contributed by atoms with Crippen LogP contribution in [-0.4, -0.2) is 29.8 Å². The summed E-state index contributed by atoms with van der Waals surface area (Å²) in [5.74, 6) is -1.20. The number of thioether (sulfide) groups is 1. The summed E-state index contributed by atoms with van der Waals surface area (Å²) in [6, 6.07) is 16.3. The number of benzene rings is 2. The van der Waals surface area contributed by atoms with E-state index in [-0.39, 0.29) is 12.5 Å². The van der Waals surface area contributed by atoms with Crippen molar-refractivity contribution >= 4 is 23.6 Å². The molecule has 0 saturated carbocycles. The van der Waals surface area contributed by atoms with Crippen LogP contribution < -0.4 is 5.32 Å². The lowest BCUT2D eigenvalue weighted by Crippen LogP contribution is -2.46. The fourth-order valence-corrected chi connectivity index (χ4v) is 3.02. The van der Waals surface area contributed by atoms with Crippen molar-refractivity contribution < 1.29 is 14.7 Å². The summed E-state index contributed by atoms with van der Waals surface area (Å²) in [4.78, 5) is 25.4. The third kappa shape index (κ3) is 3.79. The van der Waals surface area contributed by atoms with Crippen LogP contribution in [0.3, 0.4) is 0 Å². The first-order valence-electron chi connectivity index (χ1n) is 7.74. The van der Waals surface area contributed by atoms with Gasteiger partial charge in [0.05, 0.1) is 0 Å². The third-order valence-corrected chi connectivity index (χ3v) is 4.99. The van der Waals surface area contributed by atoms with Gasteiger partial charge in [0.1, 0.15) is 5.41 Å². The summed E-state index contributed by atoms with van der Waals surface area (Å²) in [6.07, 6.45) is 2.36. The van der Waals surface area contributed by atoms with Crippen LogP contribution in [0.2, 0.25) is 0 Å². The Morgan fingerprint density at radius 1 is 1.08 bits per heavy atom. The lowest BCUT2D eigenvalue weighted by molar-refractivity contribution is -0.143. The molecule has 0 radical (unpaired) electrons. The number of hydrogen-bond acceptors (Lipinski definition) is 3. The molecule has 0 fully saturated rings. The number of aliphatic carboxylic acids is 1.